The molecule has 27 heavy (non-hydrogen) atoms. The van der Waals surface area contributed by atoms with Crippen LogP contribution in [0.2, 0.25) is 0 Å². The molecule has 0 radical (unpaired) electrons. The zero-order chi connectivity index (χ0) is 21.1. The molecule has 11 heteroatoms. The molecule has 1 amide bonds. The lowest BCUT2D eigenvalue weighted by Gasteiger charge is -2.19. The first-order chi connectivity index (χ1) is 12.3. The molecule has 1 heterocycles. The lowest BCUT2D eigenvalue weighted by Crippen LogP contribution is -2.32. The van der Waals surface area contributed by atoms with Gasteiger partial charge in [-0.15, -0.1) is 10.2 Å². The predicted octanol–water partition coefficient (Wildman–Crippen LogP) is 1.62. The van der Waals surface area contributed by atoms with Gasteiger partial charge >= 0.3 is 18.0 Å². The first kappa shape index (κ1) is 24.3. The molecule has 0 atom stereocenters. The van der Waals surface area contributed by atoms with Gasteiger partial charge in [0.05, 0.1) is 19.4 Å². The van der Waals surface area contributed by atoms with Gasteiger partial charge in [0.1, 0.15) is 11.2 Å². The summed E-state index contributed by atoms with van der Waals surface area (Å²) in [6.07, 6.45) is 0.640. The number of carbonyl (C=O) groups is 3. The van der Waals surface area contributed by atoms with E-state index in [-0.39, 0.29) is 19.4 Å². The third-order valence-corrected chi connectivity index (χ3v) is 2.27. The number of rotatable bonds is 5. The highest BCUT2D eigenvalue weighted by Crippen LogP contribution is 2.09. The maximum atomic E-state index is 11.1. The Hall–Kier alpha value is -2.69. The fourth-order valence-electron chi connectivity index (χ4n) is 1.39. The molecule has 1 rings (SSSR count). The standard InChI is InChI=1S/C8H13N3O3.C8H15NO4/c1-8(2,3)14-7(12)9-4-6-11-10-5-13-6;1-8(2,3)12-6(10)4-5-7(11)13-9/h5H,4H2,1-3H3,(H,9,12);4-5,9H2,1-3H3. The van der Waals surface area contributed by atoms with Gasteiger partial charge in [0.2, 0.25) is 12.3 Å². The number of hydrogen-bond acceptors (Lipinski definition) is 10. The van der Waals surface area contributed by atoms with Crippen LogP contribution in [0.4, 0.5) is 4.79 Å². The van der Waals surface area contributed by atoms with Gasteiger partial charge in [-0.1, -0.05) is 0 Å². The van der Waals surface area contributed by atoms with Crippen LogP contribution in [0.5, 0.6) is 0 Å². The predicted molar refractivity (Wildman–Crippen MR) is 92.7 cm³/mol. The molecule has 0 aliphatic heterocycles. The van der Waals surface area contributed by atoms with Gasteiger partial charge in [-0.3, -0.25) is 9.59 Å². The highest BCUT2D eigenvalue weighted by atomic mass is 16.7. The van der Waals surface area contributed by atoms with Crippen LogP contribution < -0.4 is 11.2 Å². The van der Waals surface area contributed by atoms with Crippen molar-refractivity contribution in [2.75, 3.05) is 0 Å². The molecule has 3 N–H and O–H groups in total. The zero-order valence-corrected chi connectivity index (χ0v) is 16.5. The number of aromatic nitrogens is 2. The summed E-state index contributed by atoms with van der Waals surface area (Å²) < 4.78 is 14.8. The summed E-state index contributed by atoms with van der Waals surface area (Å²) in [5.74, 6) is 3.88. The Balaban J connectivity index is 0.000000503. The van der Waals surface area contributed by atoms with Crippen molar-refractivity contribution in [2.24, 2.45) is 5.90 Å². The normalized spacial score (nSPS) is 10.9. The molecule has 0 saturated carbocycles. The average molecular weight is 388 g/mol. The van der Waals surface area contributed by atoms with Crippen molar-refractivity contribution in [2.45, 2.75) is 72.1 Å². The van der Waals surface area contributed by atoms with Crippen molar-refractivity contribution in [1.82, 2.24) is 15.5 Å². The number of nitrogens with one attached hydrogen (secondary N) is 1. The third-order valence-electron chi connectivity index (χ3n) is 2.27. The molecule has 154 valence electrons. The van der Waals surface area contributed by atoms with Gasteiger partial charge in [0.15, 0.2) is 0 Å². The Morgan fingerprint density at radius 2 is 1.59 bits per heavy atom. The van der Waals surface area contributed by atoms with E-state index in [0.717, 1.165) is 0 Å². The number of ether oxygens (including phenoxy) is 2. The van der Waals surface area contributed by atoms with E-state index >= 15 is 0 Å². The second kappa shape index (κ2) is 11.1. The van der Waals surface area contributed by atoms with Crippen molar-refractivity contribution < 1.29 is 33.1 Å². The fraction of sp³-hybridized carbons (Fsp3) is 0.688. The van der Waals surface area contributed by atoms with E-state index in [1.54, 1.807) is 41.5 Å². The summed E-state index contributed by atoms with van der Waals surface area (Å²) in [5.41, 5.74) is -1.03. The molecular formula is C16H28N4O7. The van der Waals surface area contributed by atoms with Crippen molar-refractivity contribution in [3.8, 4) is 0 Å². The second-order valence-corrected chi connectivity index (χ2v) is 7.26. The topological polar surface area (TPSA) is 156 Å². The first-order valence-electron chi connectivity index (χ1n) is 8.15. The minimum Gasteiger partial charge on any atom is -0.460 e. The maximum absolute atomic E-state index is 11.1. The number of amides is 1. The molecular weight excluding hydrogens is 360 g/mol. The number of alkyl carbamates (subject to hydrolysis) is 1. The van der Waals surface area contributed by atoms with Crippen molar-refractivity contribution >= 4 is 18.0 Å². The van der Waals surface area contributed by atoms with Gasteiger partial charge in [0, 0.05) is 0 Å². The number of nitrogens with two attached hydrogens (primary N) is 1. The summed E-state index contributed by atoms with van der Waals surface area (Å²) in [6, 6.07) is 0. The van der Waals surface area contributed by atoms with E-state index in [2.05, 4.69) is 26.2 Å². The van der Waals surface area contributed by atoms with Crippen LogP contribution in [0.15, 0.2) is 10.8 Å². The number of hydrogen-bond donors (Lipinski definition) is 2. The Kier molecular flexibility index (Phi) is 10.0. The third kappa shape index (κ3) is 15.3. The Bertz CT molecular complexity index is 589. The molecule has 0 fully saturated rings. The van der Waals surface area contributed by atoms with E-state index < -0.39 is 29.2 Å². The number of esters is 1. The largest absolute Gasteiger partial charge is 0.460 e. The van der Waals surface area contributed by atoms with Gasteiger partial charge < -0.3 is 24.0 Å². The van der Waals surface area contributed by atoms with E-state index in [0.29, 0.717) is 5.89 Å². The van der Waals surface area contributed by atoms with E-state index in [1.807, 2.05) is 0 Å². The Morgan fingerprint density at radius 1 is 1.04 bits per heavy atom. The minimum atomic E-state index is -0.620. The van der Waals surface area contributed by atoms with Crippen LogP contribution in [0.25, 0.3) is 0 Å². The van der Waals surface area contributed by atoms with Crippen molar-refractivity contribution in [3.63, 3.8) is 0 Å². The van der Waals surface area contributed by atoms with E-state index in [1.165, 1.54) is 6.39 Å². The zero-order valence-electron chi connectivity index (χ0n) is 16.5. The van der Waals surface area contributed by atoms with E-state index in [9.17, 15) is 14.4 Å². The maximum Gasteiger partial charge on any atom is 0.408 e. The average Bonchev–Trinajstić information content (AvgIpc) is 3.01. The summed E-state index contributed by atoms with van der Waals surface area (Å²) in [6.45, 7) is 10.8. The summed E-state index contributed by atoms with van der Waals surface area (Å²) in [5, 5.41) is 9.55. The van der Waals surface area contributed by atoms with Gasteiger partial charge in [-0.05, 0) is 41.5 Å². The van der Waals surface area contributed by atoms with Crippen LogP contribution >= 0.6 is 0 Å². The Morgan fingerprint density at radius 3 is 2.04 bits per heavy atom. The van der Waals surface area contributed by atoms with Crippen LogP contribution in [-0.2, 0) is 30.4 Å². The fourth-order valence-corrected chi connectivity index (χ4v) is 1.39. The highest BCUT2D eigenvalue weighted by molar-refractivity contribution is 5.77. The molecule has 1 aromatic heterocycles. The molecule has 0 unspecified atom stereocenters. The molecule has 0 aromatic carbocycles. The molecule has 0 bridgehead atoms. The molecule has 0 aliphatic rings. The van der Waals surface area contributed by atoms with Crippen molar-refractivity contribution in [3.05, 3.63) is 12.3 Å². The van der Waals surface area contributed by atoms with E-state index in [4.69, 9.17) is 13.9 Å². The number of nitrogens with zero attached hydrogens (tertiary/aromatic N) is 2. The van der Waals surface area contributed by atoms with Crippen LogP contribution in [0, 0.1) is 0 Å². The summed E-state index contributed by atoms with van der Waals surface area (Å²) in [4.78, 5) is 36.5. The molecule has 11 nitrogen and oxygen atoms in total. The minimum absolute atomic E-state index is 0.00664. The van der Waals surface area contributed by atoms with Gasteiger partial charge in [0.25, 0.3) is 0 Å². The van der Waals surface area contributed by atoms with Crippen LogP contribution in [0.1, 0.15) is 60.3 Å². The molecule has 0 aliphatic carbocycles. The first-order valence-corrected chi connectivity index (χ1v) is 8.15. The monoisotopic (exact) mass is 388 g/mol. The molecule has 0 spiro atoms. The highest BCUT2D eigenvalue weighted by Gasteiger charge is 2.17. The number of carbonyl (C=O) groups excluding carboxylic acids is 3. The van der Waals surface area contributed by atoms with Gasteiger partial charge in [-0.25, -0.2) is 4.79 Å². The smallest absolute Gasteiger partial charge is 0.408 e. The lowest BCUT2D eigenvalue weighted by molar-refractivity contribution is -0.158. The summed E-state index contributed by atoms with van der Waals surface area (Å²) in [7, 11) is 0. The molecule has 1 aromatic rings. The quantitative estimate of drug-likeness (QED) is 0.561. The second-order valence-electron chi connectivity index (χ2n) is 7.26. The SMILES string of the molecule is CC(C)(C)OC(=O)CCC(=O)ON.CC(C)(C)OC(=O)NCc1nnco1. The van der Waals surface area contributed by atoms with Crippen molar-refractivity contribution in [1.29, 1.82) is 0 Å². The summed E-state index contributed by atoms with van der Waals surface area (Å²) >= 11 is 0. The lowest BCUT2D eigenvalue weighted by atomic mass is 10.2. The van der Waals surface area contributed by atoms with Crippen LogP contribution in [-0.4, -0.2) is 39.4 Å². The molecule has 0 saturated heterocycles. The van der Waals surface area contributed by atoms with Gasteiger partial charge in [-0.2, -0.15) is 5.90 Å². The van der Waals surface area contributed by atoms with Crippen LogP contribution in [0.3, 0.4) is 0 Å². The Labute approximate surface area is 157 Å².